The van der Waals surface area contributed by atoms with Crippen molar-refractivity contribution in [1.29, 1.82) is 0 Å². The number of aromatic nitrogens is 4. The second kappa shape index (κ2) is 9.18. The number of hydrogen-bond donors (Lipinski definition) is 3. The van der Waals surface area contributed by atoms with Crippen molar-refractivity contribution < 1.29 is 10.2 Å². The molecule has 2 aliphatic rings. The molecule has 6 rings (SSSR count). The van der Waals surface area contributed by atoms with Crippen LogP contribution in [0.3, 0.4) is 0 Å². The summed E-state index contributed by atoms with van der Waals surface area (Å²) in [5, 5.41) is 25.4. The zero-order chi connectivity index (χ0) is 23.9. The molecule has 4 heterocycles. The average molecular weight is 473 g/mol. The third-order valence-electron chi connectivity index (χ3n) is 7.61. The number of pyridine rings is 1. The van der Waals surface area contributed by atoms with Crippen molar-refractivity contribution in [2.75, 3.05) is 25.0 Å². The number of β-amino-alcohol motifs (C(OH)–C–C–N with tert-alkyl or cyclic N) is 2. The van der Waals surface area contributed by atoms with E-state index in [1.54, 1.807) is 0 Å². The summed E-state index contributed by atoms with van der Waals surface area (Å²) < 4.78 is 2.42. The van der Waals surface area contributed by atoms with Gasteiger partial charge >= 0.3 is 0 Å². The van der Waals surface area contributed by atoms with Crippen LogP contribution in [0.25, 0.3) is 21.9 Å². The summed E-state index contributed by atoms with van der Waals surface area (Å²) in [5.74, 6) is 1.91. The number of nitrogens with zero attached hydrogens (tertiary/aromatic N) is 5. The van der Waals surface area contributed by atoms with Crippen molar-refractivity contribution in [1.82, 2.24) is 24.4 Å². The molecular formula is C27H32N6O2. The molecular weight excluding hydrogens is 440 g/mol. The Bertz CT molecular complexity index is 1360. The fourth-order valence-electron chi connectivity index (χ4n) is 5.76. The van der Waals surface area contributed by atoms with E-state index >= 15 is 0 Å². The zero-order valence-electron chi connectivity index (χ0n) is 20.1. The van der Waals surface area contributed by atoms with Crippen LogP contribution in [0.2, 0.25) is 0 Å². The second-order valence-corrected chi connectivity index (χ2v) is 10.1. The summed E-state index contributed by atoms with van der Waals surface area (Å²) in [5.41, 5.74) is 3.83. The standard InChI is InChI=1S/C27H32N6O2/c1-17-6-9-19(10-7-17)33-22-5-3-2-4-20(22)21-14-28-27(31-26(21)33)30-24-11-8-18-15-32(12-13-34)16-23(35)25(18)29-24/h2-5,8,11,14,17,19,23,34-35H,6-7,9-10,12-13,15-16H2,1H3,(H,28,29,30,31)/t17?,19?,23-/m0/s1. The van der Waals surface area contributed by atoms with Gasteiger partial charge in [0.2, 0.25) is 5.95 Å². The van der Waals surface area contributed by atoms with Gasteiger partial charge in [0.05, 0.1) is 17.8 Å². The Balaban J connectivity index is 1.35. The fourth-order valence-corrected chi connectivity index (χ4v) is 5.76. The van der Waals surface area contributed by atoms with E-state index in [2.05, 4.69) is 46.1 Å². The lowest BCUT2D eigenvalue weighted by molar-refractivity contribution is 0.0771. The lowest BCUT2D eigenvalue weighted by Crippen LogP contribution is -2.36. The summed E-state index contributed by atoms with van der Waals surface area (Å²) >= 11 is 0. The molecule has 4 aromatic rings. The van der Waals surface area contributed by atoms with Crippen LogP contribution in [0.4, 0.5) is 11.8 Å². The number of anilines is 2. The van der Waals surface area contributed by atoms with Gasteiger partial charge in [-0.3, -0.25) is 4.90 Å². The molecule has 0 amide bonds. The third kappa shape index (κ3) is 4.16. The van der Waals surface area contributed by atoms with E-state index < -0.39 is 6.10 Å². The van der Waals surface area contributed by atoms with Gasteiger partial charge in [-0.05, 0) is 49.3 Å². The topological polar surface area (TPSA) is 99.3 Å². The first-order chi connectivity index (χ1) is 17.1. The number of fused-ring (bicyclic) bond motifs is 4. The molecule has 0 radical (unpaired) electrons. The van der Waals surface area contributed by atoms with Crippen LogP contribution < -0.4 is 5.32 Å². The maximum absolute atomic E-state index is 10.6. The molecule has 0 unspecified atom stereocenters. The zero-order valence-corrected chi connectivity index (χ0v) is 20.1. The van der Waals surface area contributed by atoms with E-state index in [0.29, 0.717) is 43.1 Å². The molecule has 3 aromatic heterocycles. The summed E-state index contributed by atoms with van der Waals surface area (Å²) in [6.07, 6.45) is 6.04. The summed E-state index contributed by atoms with van der Waals surface area (Å²) in [6.45, 7) is 4.10. The van der Waals surface area contributed by atoms with Gasteiger partial charge in [-0.25, -0.2) is 9.97 Å². The minimum Gasteiger partial charge on any atom is -0.395 e. The lowest BCUT2D eigenvalue weighted by Gasteiger charge is -2.31. The number of rotatable bonds is 5. The van der Waals surface area contributed by atoms with Crippen LogP contribution in [0, 0.1) is 5.92 Å². The van der Waals surface area contributed by atoms with Crippen LogP contribution in [0.15, 0.2) is 42.6 Å². The molecule has 1 aliphatic carbocycles. The highest BCUT2D eigenvalue weighted by Crippen LogP contribution is 2.38. The monoisotopic (exact) mass is 472 g/mol. The molecule has 182 valence electrons. The maximum Gasteiger partial charge on any atom is 0.230 e. The number of nitrogens with one attached hydrogen (secondary N) is 1. The molecule has 3 N–H and O–H groups in total. The molecule has 1 aromatic carbocycles. The molecule has 35 heavy (non-hydrogen) atoms. The number of hydrogen-bond acceptors (Lipinski definition) is 7. The molecule has 0 spiro atoms. The Morgan fingerprint density at radius 3 is 2.69 bits per heavy atom. The Morgan fingerprint density at radius 2 is 1.86 bits per heavy atom. The van der Waals surface area contributed by atoms with Crippen LogP contribution in [-0.2, 0) is 6.54 Å². The number of benzene rings is 1. The van der Waals surface area contributed by atoms with Crippen molar-refractivity contribution in [3.63, 3.8) is 0 Å². The molecule has 1 atom stereocenters. The van der Waals surface area contributed by atoms with Gasteiger partial charge in [-0.15, -0.1) is 0 Å². The van der Waals surface area contributed by atoms with Gasteiger partial charge in [0.15, 0.2) is 0 Å². The van der Waals surface area contributed by atoms with Crippen LogP contribution in [-0.4, -0.2) is 54.3 Å². The van der Waals surface area contributed by atoms with Gasteiger partial charge in [0, 0.05) is 42.6 Å². The smallest absolute Gasteiger partial charge is 0.230 e. The van der Waals surface area contributed by atoms with E-state index in [4.69, 9.17) is 9.97 Å². The van der Waals surface area contributed by atoms with E-state index in [9.17, 15) is 10.2 Å². The number of aliphatic hydroxyl groups is 2. The first kappa shape index (κ1) is 22.4. The van der Waals surface area contributed by atoms with Crippen LogP contribution in [0.1, 0.15) is 56.0 Å². The van der Waals surface area contributed by atoms with Crippen molar-refractivity contribution in [2.24, 2.45) is 5.92 Å². The van der Waals surface area contributed by atoms with Gasteiger partial charge in [-0.2, -0.15) is 4.98 Å². The normalized spacial score (nSPS) is 23.0. The quantitative estimate of drug-likeness (QED) is 0.398. The van der Waals surface area contributed by atoms with E-state index in [1.165, 1.54) is 36.6 Å². The molecule has 0 bridgehead atoms. The van der Waals surface area contributed by atoms with Gasteiger partial charge in [0.25, 0.3) is 0 Å². The van der Waals surface area contributed by atoms with Crippen molar-refractivity contribution >= 4 is 33.7 Å². The summed E-state index contributed by atoms with van der Waals surface area (Å²) in [6, 6.07) is 12.8. The van der Waals surface area contributed by atoms with E-state index in [0.717, 1.165) is 22.5 Å². The van der Waals surface area contributed by atoms with Crippen LogP contribution >= 0.6 is 0 Å². The van der Waals surface area contributed by atoms with Gasteiger partial charge < -0.3 is 20.1 Å². The Kier molecular flexibility index (Phi) is 5.88. The molecule has 1 aliphatic heterocycles. The van der Waals surface area contributed by atoms with Crippen molar-refractivity contribution in [2.45, 2.75) is 51.3 Å². The van der Waals surface area contributed by atoms with Gasteiger partial charge in [0.1, 0.15) is 17.6 Å². The summed E-state index contributed by atoms with van der Waals surface area (Å²) in [7, 11) is 0. The summed E-state index contributed by atoms with van der Waals surface area (Å²) in [4.78, 5) is 16.3. The number of para-hydroxylation sites is 1. The third-order valence-corrected chi connectivity index (χ3v) is 7.61. The Labute approximate surface area is 204 Å². The Hall–Kier alpha value is -3.07. The Morgan fingerprint density at radius 1 is 1.03 bits per heavy atom. The fraction of sp³-hybridized carbons (Fsp3) is 0.444. The first-order valence-corrected chi connectivity index (χ1v) is 12.6. The predicted octanol–water partition coefficient (Wildman–Crippen LogP) is 4.32. The van der Waals surface area contributed by atoms with E-state index in [-0.39, 0.29) is 6.61 Å². The largest absolute Gasteiger partial charge is 0.395 e. The van der Waals surface area contributed by atoms with Crippen LogP contribution in [0.5, 0.6) is 0 Å². The lowest BCUT2D eigenvalue weighted by atomic mass is 9.87. The van der Waals surface area contributed by atoms with Gasteiger partial charge in [-0.1, -0.05) is 31.2 Å². The molecule has 1 fully saturated rings. The second-order valence-electron chi connectivity index (χ2n) is 10.1. The highest BCUT2D eigenvalue weighted by Gasteiger charge is 2.26. The average Bonchev–Trinajstić information content (AvgIpc) is 3.19. The molecule has 8 nitrogen and oxygen atoms in total. The minimum atomic E-state index is -0.688. The highest BCUT2D eigenvalue weighted by atomic mass is 16.3. The van der Waals surface area contributed by atoms with Crippen molar-refractivity contribution in [3.8, 4) is 0 Å². The SMILES string of the molecule is CC1CCC(n2c3ccccc3c3cnc(Nc4ccc5c(n4)[C@@H](O)CN(CCO)C5)nc32)CC1. The minimum absolute atomic E-state index is 0.0750. The first-order valence-electron chi connectivity index (χ1n) is 12.6. The molecule has 8 heteroatoms. The molecule has 1 saturated carbocycles. The molecule has 0 saturated heterocycles. The number of aliphatic hydroxyl groups excluding tert-OH is 2. The maximum atomic E-state index is 10.6. The van der Waals surface area contributed by atoms with Crippen molar-refractivity contribution in [3.05, 3.63) is 53.9 Å². The van der Waals surface area contributed by atoms with E-state index in [1.807, 2.05) is 23.2 Å². The predicted molar refractivity (Wildman–Crippen MR) is 137 cm³/mol. The highest BCUT2D eigenvalue weighted by molar-refractivity contribution is 6.06.